The molecule has 1 fully saturated rings. The molecule has 1 atom stereocenters. The van der Waals surface area contributed by atoms with Crippen LogP contribution in [0.5, 0.6) is 0 Å². The van der Waals surface area contributed by atoms with E-state index in [1.165, 1.54) is 0 Å². The van der Waals surface area contributed by atoms with Crippen LogP contribution >= 0.6 is 0 Å². The Hall–Kier alpha value is -4.31. The maximum atomic E-state index is 12.9. The van der Waals surface area contributed by atoms with Crippen molar-refractivity contribution in [1.82, 2.24) is 20.1 Å². The minimum atomic E-state index is 0.0503. The molecule has 0 bridgehead atoms. The van der Waals surface area contributed by atoms with Gasteiger partial charge in [0.25, 0.3) is 5.91 Å². The van der Waals surface area contributed by atoms with E-state index in [1.54, 1.807) is 18.3 Å². The van der Waals surface area contributed by atoms with Crippen LogP contribution in [0.2, 0.25) is 0 Å². The molecule has 0 spiro atoms. The number of hydrogen-bond acceptors (Lipinski definition) is 5. The van der Waals surface area contributed by atoms with Gasteiger partial charge in [-0.15, -0.1) is 10.2 Å². The fourth-order valence-electron chi connectivity index (χ4n) is 4.29. The molecule has 7 nitrogen and oxygen atoms in total. The van der Waals surface area contributed by atoms with Crippen LogP contribution in [-0.2, 0) is 0 Å². The average Bonchev–Trinajstić information content (AvgIpc) is 2.88. The second-order valence-corrected chi connectivity index (χ2v) is 8.09. The van der Waals surface area contributed by atoms with Crippen molar-refractivity contribution < 1.29 is 4.79 Å². The molecule has 1 saturated heterocycles. The average molecular weight is 435 g/mol. The zero-order chi connectivity index (χ0) is 22.8. The first-order chi connectivity index (χ1) is 16.2. The number of carbonyl (C=O) groups is 1. The van der Waals surface area contributed by atoms with Crippen LogP contribution in [-0.4, -0.2) is 51.7 Å². The number of hydrogen-bond donors (Lipinski definition) is 0. The third kappa shape index (κ3) is 3.87. The lowest BCUT2D eigenvalue weighted by molar-refractivity contribution is 0.0726. The number of rotatable bonds is 3. The van der Waals surface area contributed by atoms with E-state index in [0.29, 0.717) is 30.9 Å². The maximum absolute atomic E-state index is 12.9. The molecule has 1 amide bonds. The lowest BCUT2D eigenvalue weighted by Gasteiger charge is -2.40. The van der Waals surface area contributed by atoms with Crippen molar-refractivity contribution in [3.63, 3.8) is 0 Å². The molecule has 0 N–H and O–H groups in total. The Kier molecular flexibility index (Phi) is 5.41. The molecule has 4 aromatic rings. The van der Waals surface area contributed by atoms with Crippen LogP contribution in [0.1, 0.15) is 17.3 Å². The number of anilines is 1. The Bertz CT molecular complexity index is 1350. The highest BCUT2D eigenvalue weighted by molar-refractivity contribution is 5.98. The predicted octanol–water partition coefficient (Wildman–Crippen LogP) is 4.59. The minimum absolute atomic E-state index is 0.0503. The zero-order valence-corrected chi connectivity index (χ0v) is 18.2. The van der Waals surface area contributed by atoms with Gasteiger partial charge in [0.15, 0.2) is 11.5 Å². The molecule has 33 heavy (non-hydrogen) atoms. The number of nitrogens with zero attached hydrogens (tertiary/aromatic N) is 6. The lowest BCUT2D eigenvalue weighted by Crippen LogP contribution is -2.54. The molecule has 7 heteroatoms. The molecular formula is C26H22N6O. The summed E-state index contributed by atoms with van der Waals surface area (Å²) < 4.78 is 0. The fraction of sp³-hybridized carbons (Fsp3) is 0.192. The summed E-state index contributed by atoms with van der Waals surface area (Å²) in [5.41, 5.74) is 3.71. The van der Waals surface area contributed by atoms with Gasteiger partial charge in [-0.3, -0.25) is 9.78 Å². The van der Waals surface area contributed by atoms with Crippen molar-refractivity contribution in [3.8, 4) is 11.3 Å². The number of fused-ring (bicyclic) bond motifs is 1. The van der Waals surface area contributed by atoms with E-state index in [1.807, 2.05) is 59.5 Å². The summed E-state index contributed by atoms with van der Waals surface area (Å²) >= 11 is 0. The van der Waals surface area contributed by atoms with Crippen LogP contribution in [0.15, 0.2) is 72.9 Å². The van der Waals surface area contributed by atoms with Gasteiger partial charge in [0.1, 0.15) is 11.2 Å². The number of benzene rings is 2. The van der Waals surface area contributed by atoms with E-state index in [4.69, 9.17) is 6.57 Å². The van der Waals surface area contributed by atoms with Gasteiger partial charge in [-0.2, -0.15) is 0 Å². The number of piperazine rings is 1. The molecule has 0 saturated carbocycles. The Morgan fingerprint density at radius 3 is 2.52 bits per heavy atom. The summed E-state index contributed by atoms with van der Waals surface area (Å²) in [5, 5.41) is 10.0. The topological polar surface area (TPSA) is 66.6 Å². The molecule has 5 rings (SSSR count). The van der Waals surface area contributed by atoms with Gasteiger partial charge in [-0.05, 0) is 31.2 Å². The highest BCUT2D eigenvalue weighted by atomic mass is 16.2. The number of carbonyl (C=O) groups excluding carboxylic acids is 1. The second kappa shape index (κ2) is 8.67. The number of aromatic nitrogens is 3. The van der Waals surface area contributed by atoms with E-state index in [0.717, 1.165) is 28.0 Å². The predicted molar refractivity (Wildman–Crippen MR) is 128 cm³/mol. The molecular weight excluding hydrogens is 412 g/mol. The van der Waals surface area contributed by atoms with Crippen molar-refractivity contribution in [1.29, 1.82) is 0 Å². The Labute approximate surface area is 192 Å². The van der Waals surface area contributed by atoms with E-state index in [9.17, 15) is 4.79 Å². The molecule has 2 aromatic heterocycles. The standard InChI is InChI=1S/C26H22N6O/c1-18-17-31(26(33)20-7-4-3-5-8-20)15-16-32(18)25-24-22(9-6-14-28-24)23(29-30-25)19-10-12-21(27-2)13-11-19/h3-14,18H,15-17H2,1H3/t18-/m1/s1. The molecule has 0 aliphatic carbocycles. The van der Waals surface area contributed by atoms with Gasteiger partial charge in [0.2, 0.25) is 0 Å². The molecule has 0 unspecified atom stereocenters. The first kappa shape index (κ1) is 20.6. The van der Waals surface area contributed by atoms with Crippen molar-refractivity contribution in [2.24, 2.45) is 0 Å². The maximum Gasteiger partial charge on any atom is 0.253 e. The molecule has 3 heterocycles. The van der Waals surface area contributed by atoms with Crippen LogP contribution in [0, 0.1) is 6.57 Å². The summed E-state index contributed by atoms with van der Waals surface area (Å²) in [6.07, 6.45) is 1.76. The van der Waals surface area contributed by atoms with E-state index < -0.39 is 0 Å². The molecule has 0 radical (unpaired) electrons. The van der Waals surface area contributed by atoms with Gasteiger partial charge in [0.05, 0.1) is 6.57 Å². The smallest absolute Gasteiger partial charge is 0.253 e. The van der Waals surface area contributed by atoms with E-state index in [2.05, 4.69) is 31.9 Å². The highest BCUT2D eigenvalue weighted by Crippen LogP contribution is 2.32. The van der Waals surface area contributed by atoms with Crippen LogP contribution in [0.25, 0.3) is 27.0 Å². The molecule has 162 valence electrons. The summed E-state index contributed by atoms with van der Waals surface area (Å²) in [7, 11) is 0. The highest BCUT2D eigenvalue weighted by Gasteiger charge is 2.30. The minimum Gasteiger partial charge on any atom is -0.347 e. The van der Waals surface area contributed by atoms with Crippen molar-refractivity contribution in [2.75, 3.05) is 24.5 Å². The molecule has 1 aliphatic rings. The summed E-state index contributed by atoms with van der Waals surface area (Å²) in [4.78, 5) is 25.1. The molecule has 1 aliphatic heterocycles. The fourth-order valence-corrected chi connectivity index (χ4v) is 4.29. The largest absolute Gasteiger partial charge is 0.347 e. The van der Waals surface area contributed by atoms with Crippen LogP contribution in [0.3, 0.4) is 0 Å². The van der Waals surface area contributed by atoms with E-state index >= 15 is 0 Å². The van der Waals surface area contributed by atoms with Gasteiger partial charge < -0.3 is 9.80 Å². The van der Waals surface area contributed by atoms with Crippen LogP contribution in [0.4, 0.5) is 11.5 Å². The summed E-state index contributed by atoms with van der Waals surface area (Å²) in [5.74, 6) is 0.779. The first-order valence-corrected chi connectivity index (χ1v) is 10.9. The van der Waals surface area contributed by atoms with Gasteiger partial charge >= 0.3 is 0 Å². The van der Waals surface area contributed by atoms with Crippen molar-refractivity contribution in [2.45, 2.75) is 13.0 Å². The Balaban J connectivity index is 1.45. The van der Waals surface area contributed by atoms with Gasteiger partial charge in [-0.25, -0.2) is 4.85 Å². The number of amides is 1. The van der Waals surface area contributed by atoms with Gasteiger partial charge in [0, 0.05) is 48.4 Å². The number of pyridine rings is 1. The quantitative estimate of drug-likeness (QED) is 0.441. The Morgan fingerprint density at radius 2 is 1.79 bits per heavy atom. The van der Waals surface area contributed by atoms with Gasteiger partial charge in [-0.1, -0.05) is 42.5 Å². The lowest BCUT2D eigenvalue weighted by atomic mass is 10.1. The third-order valence-electron chi connectivity index (χ3n) is 6.00. The SMILES string of the molecule is [C-]#[N+]c1ccc(-c2nnc(N3CCN(C(=O)c4ccccc4)C[C@H]3C)c3ncccc23)cc1. The Morgan fingerprint density at radius 1 is 1.00 bits per heavy atom. The summed E-state index contributed by atoms with van der Waals surface area (Å²) in [6, 6.07) is 20.7. The summed E-state index contributed by atoms with van der Waals surface area (Å²) in [6.45, 7) is 11.1. The van der Waals surface area contributed by atoms with Crippen molar-refractivity contribution in [3.05, 3.63) is 89.9 Å². The molecule has 2 aromatic carbocycles. The first-order valence-electron chi connectivity index (χ1n) is 10.9. The zero-order valence-electron chi connectivity index (χ0n) is 18.2. The monoisotopic (exact) mass is 434 g/mol. The normalized spacial score (nSPS) is 15.9. The second-order valence-electron chi connectivity index (χ2n) is 8.09. The van der Waals surface area contributed by atoms with Crippen LogP contribution < -0.4 is 4.90 Å². The van der Waals surface area contributed by atoms with E-state index in [-0.39, 0.29) is 11.9 Å². The third-order valence-corrected chi connectivity index (χ3v) is 6.00. The van der Waals surface area contributed by atoms with Crippen molar-refractivity contribution >= 4 is 28.3 Å².